The summed E-state index contributed by atoms with van der Waals surface area (Å²) in [5.41, 5.74) is 0. The van der Waals surface area contributed by atoms with Gasteiger partial charge >= 0.3 is 13.8 Å². The molecule has 2 unspecified atom stereocenters. The molecule has 9 nitrogen and oxygen atoms in total. The predicted molar refractivity (Wildman–Crippen MR) is 146 cm³/mol. The third kappa shape index (κ3) is 25.9. The molecule has 0 aliphatic heterocycles. The first-order valence-corrected chi connectivity index (χ1v) is 15.3. The number of ether oxygens (including phenoxy) is 1. The van der Waals surface area contributed by atoms with Crippen LogP contribution >= 0.6 is 7.82 Å². The van der Waals surface area contributed by atoms with E-state index in [1.54, 1.807) is 0 Å². The van der Waals surface area contributed by atoms with Crippen LogP contribution in [0.4, 0.5) is 0 Å². The predicted octanol–water partition coefficient (Wildman–Crippen LogP) is 5.75. The average molecular weight is 548 g/mol. The van der Waals surface area contributed by atoms with E-state index in [2.05, 4.69) is 36.5 Å². The molecular formula is C27H50NO8P. The lowest BCUT2D eigenvalue weighted by Gasteiger charge is -2.15. The average Bonchev–Trinajstić information content (AvgIpc) is 2.87. The summed E-state index contributed by atoms with van der Waals surface area (Å²) in [6.45, 7) is 3.24. The van der Waals surface area contributed by atoms with E-state index in [1.165, 1.54) is 6.42 Å². The van der Waals surface area contributed by atoms with Crippen molar-refractivity contribution in [2.24, 2.45) is 0 Å². The number of aliphatic hydroxyl groups is 1. The molecule has 0 saturated carbocycles. The fourth-order valence-electron chi connectivity index (χ4n) is 3.24. The topological polar surface area (TPSA) is 131 Å². The van der Waals surface area contributed by atoms with Gasteiger partial charge in [-0.1, -0.05) is 76.7 Å². The van der Waals surface area contributed by atoms with Gasteiger partial charge in [0, 0.05) is 19.4 Å². The fraction of sp³-hybridized carbons (Fsp3) is 0.778. The Balaban J connectivity index is 3.69. The summed E-state index contributed by atoms with van der Waals surface area (Å²) in [7, 11) is -4.38. The summed E-state index contributed by atoms with van der Waals surface area (Å²) in [6, 6.07) is 0. The number of phosphoric ester groups is 1. The number of rotatable bonds is 25. The number of aliphatic hydroxyl groups excluding tert-OH is 1. The molecule has 0 heterocycles. The van der Waals surface area contributed by atoms with E-state index in [0.717, 1.165) is 70.6 Å². The second-order valence-electron chi connectivity index (χ2n) is 9.02. The summed E-state index contributed by atoms with van der Waals surface area (Å²) in [4.78, 5) is 33.0. The van der Waals surface area contributed by atoms with E-state index < -0.39 is 26.5 Å². The monoisotopic (exact) mass is 547 g/mol. The van der Waals surface area contributed by atoms with Crippen LogP contribution in [0.25, 0.3) is 0 Å². The maximum atomic E-state index is 11.8. The van der Waals surface area contributed by atoms with Crippen LogP contribution in [0.2, 0.25) is 0 Å². The Morgan fingerprint density at radius 3 is 2.24 bits per heavy atom. The van der Waals surface area contributed by atoms with Gasteiger partial charge in [-0.3, -0.25) is 18.6 Å². The number of phosphoric acid groups is 1. The van der Waals surface area contributed by atoms with Crippen molar-refractivity contribution in [2.75, 3.05) is 26.4 Å². The molecule has 10 heteroatoms. The normalized spacial score (nSPS) is 14.2. The van der Waals surface area contributed by atoms with Gasteiger partial charge in [0.1, 0.15) is 12.7 Å². The molecule has 37 heavy (non-hydrogen) atoms. The second-order valence-corrected chi connectivity index (χ2v) is 10.5. The van der Waals surface area contributed by atoms with Crippen LogP contribution in [-0.2, 0) is 27.9 Å². The summed E-state index contributed by atoms with van der Waals surface area (Å²) >= 11 is 0. The van der Waals surface area contributed by atoms with Crippen LogP contribution in [0, 0.1) is 0 Å². The zero-order valence-electron chi connectivity index (χ0n) is 22.9. The number of amides is 1. The highest BCUT2D eigenvalue weighted by molar-refractivity contribution is 7.47. The molecule has 1 amide bonds. The Morgan fingerprint density at radius 1 is 0.838 bits per heavy atom. The Labute approximate surface area is 223 Å². The summed E-state index contributed by atoms with van der Waals surface area (Å²) in [6.07, 6.45) is 20.4. The van der Waals surface area contributed by atoms with Crippen molar-refractivity contribution in [3.63, 3.8) is 0 Å². The highest BCUT2D eigenvalue weighted by atomic mass is 31.2. The zero-order valence-corrected chi connectivity index (χ0v) is 23.8. The van der Waals surface area contributed by atoms with Gasteiger partial charge in [-0.25, -0.2) is 4.57 Å². The van der Waals surface area contributed by atoms with E-state index in [0.29, 0.717) is 6.42 Å². The zero-order chi connectivity index (χ0) is 27.6. The third-order valence-corrected chi connectivity index (χ3v) is 6.35. The van der Waals surface area contributed by atoms with Gasteiger partial charge in [0.25, 0.3) is 0 Å². The van der Waals surface area contributed by atoms with Crippen molar-refractivity contribution in [1.82, 2.24) is 5.32 Å². The van der Waals surface area contributed by atoms with Crippen molar-refractivity contribution in [3.8, 4) is 0 Å². The molecule has 0 spiro atoms. The van der Waals surface area contributed by atoms with Gasteiger partial charge in [-0.05, 0) is 38.5 Å². The first-order chi connectivity index (χ1) is 17.8. The van der Waals surface area contributed by atoms with Crippen molar-refractivity contribution in [2.45, 2.75) is 110 Å². The van der Waals surface area contributed by atoms with Crippen LogP contribution < -0.4 is 5.32 Å². The number of carbonyl (C=O) groups excluding carboxylic acids is 2. The largest absolute Gasteiger partial charge is 0.472 e. The van der Waals surface area contributed by atoms with Crippen molar-refractivity contribution in [3.05, 3.63) is 24.3 Å². The molecule has 0 fully saturated rings. The van der Waals surface area contributed by atoms with Crippen LogP contribution in [0.15, 0.2) is 24.3 Å². The molecule has 0 saturated heterocycles. The molecule has 0 rings (SSSR count). The molecule has 0 bridgehead atoms. The van der Waals surface area contributed by atoms with Gasteiger partial charge < -0.3 is 20.1 Å². The van der Waals surface area contributed by atoms with Crippen LogP contribution in [0.3, 0.4) is 0 Å². The first kappa shape index (κ1) is 35.5. The van der Waals surface area contributed by atoms with Crippen molar-refractivity contribution < 1.29 is 37.9 Å². The van der Waals surface area contributed by atoms with Crippen LogP contribution in [0.5, 0.6) is 0 Å². The number of allylic oxidation sites excluding steroid dienone is 4. The Morgan fingerprint density at radius 2 is 1.51 bits per heavy atom. The minimum absolute atomic E-state index is 0.0765. The smallest absolute Gasteiger partial charge is 0.463 e. The lowest BCUT2D eigenvalue weighted by atomic mass is 10.1. The molecular weight excluding hydrogens is 497 g/mol. The fourth-order valence-corrected chi connectivity index (χ4v) is 3.99. The Kier molecular flexibility index (Phi) is 23.8. The molecule has 0 radical (unpaired) electrons. The minimum atomic E-state index is -4.38. The molecule has 0 aromatic heterocycles. The second kappa shape index (κ2) is 24.8. The van der Waals surface area contributed by atoms with Crippen molar-refractivity contribution >= 4 is 19.7 Å². The number of esters is 1. The molecule has 0 aromatic carbocycles. The number of hydrogen-bond donors (Lipinski definition) is 3. The molecule has 0 aliphatic carbocycles. The van der Waals surface area contributed by atoms with E-state index in [9.17, 15) is 24.2 Å². The van der Waals surface area contributed by atoms with Crippen molar-refractivity contribution in [1.29, 1.82) is 0 Å². The third-order valence-electron chi connectivity index (χ3n) is 5.37. The highest BCUT2D eigenvalue weighted by Gasteiger charge is 2.23. The molecule has 216 valence electrons. The van der Waals surface area contributed by atoms with E-state index in [4.69, 9.17) is 13.8 Å². The molecule has 3 N–H and O–H groups in total. The standard InChI is InChI=1S/C27H50NO8P/c1-3-5-7-8-9-10-11-12-13-14-15-16-18-20-27(31)34-23-25(29)24-36-37(32,33)35-22-21-28-26(30)19-17-6-4-2/h7-8,10-11,25,29H,3-6,9,12-24H2,1-2H3,(H,28,30)(H,32,33)/b8-7-,11-10-. The van der Waals surface area contributed by atoms with E-state index in [-0.39, 0.29) is 32.1 Å². The van der Waals surface area contributed by atoms with Gasteiger partial charge in [-0.15, -0.1) is 0 Å². The number of unbranched alkanes of at least 4 members (excludes halogenated alkanes) is 8. The lowest BCUT2D eigenvalue weighted by molar-refractivity contribution is -0.147. The minimum Gasteiger partial charge on any atom is -0.463 e. The summed E-state index contributed by atoms with van der Waals surface area (Å²) < 4.78 is 26.3. The van der Waals surface area contributed by atoms with Gasteiger partial charge in [0.15, 0.2) is 0 Å². The Bertz CT molecular complexity index is 683. The highest BCUT2D eigenvalue weighted by Crippen LogP contribution is 2.42. The summed E-state index contributed by atoms with van der Waals surface area (Å²) in [5.74, 6) is -0.562. The van der Waals surface area contributed by atoms with Crippen LogP contribution in [-0.4, -0.2) is 54.3 Å². The SMILES string of the molecule is CCC/C=C\C/C=C\CCCCCCCC(=O)OCC(O)COP(=O)(O)OCCNC(=O)CCCCC. The molecule has 0 aliphatic rings. The summed E-state index contributed by atoms with van der Waals surface area (Å²) in [5, 5.41) is 12.4. The van der Waals surface area contributed by atoms with Gasteiger partial charge in [0.2, 0.25) is 5.91 Å². The first-order valence-electron chi connectivity index (χ1n) is 13.8. The molecule has 2 atom stereocenters. The lowest BCUT2D eigenvalue weighted by Crippen LogP contribution is -2.27. The number of hydrogen-bond acceptors (Lipinski definition) is 7. The Hall–Kier alpha value is -1.51. The maximum Gasteiger partial charge on any atom is 0.472 e. The number of carbonyl (C=O) groups is 2. The quantitative estimate of drug-likeness (QED) is 0.0569. The van der Waals surface area contributed by atoms with Gasteiger partial charge in [0.05, 0.1) is 13.2 Å². The van der Waals surface area contributed by atoms with Gasteiger partial charge in [-0.2, -0.15) is 0 Å². The van der Waals surface area contributed by atoms with E-state index in [1.807, 2.05) is 6.92 Å². The number of nitrogens with one attached hydrogen (secondary N) is 1. The maximum absolute atomic E-state index is 11.8. The van der Waals surface area contributed by atoms with E-state index >= 15 is 0 Å². The van der Waals surface area contributed by atoms with Crippen LogP contribution in [0.1, 0.15) is 104 Å². The molecule has 0 aromatic rings.